The fourth-order valence-electron chi connectivity index (χ4n) is 4.73. The topological polar surface area (TPSA) is 39.6 Å². The first-order chi connectivity index (χ1) is 12.6. The van der Waals surface area contributed by atoms with Gasteiger partial charge in [0.1, 0.15) is 0 Å². The van der Waals surface area contributed by atoms with E-state index in [-0.39, 0.29) is 5.41 Å². The van der Waals surface area contributed by atoms with Gasteiger partial charge in [-0.3, -0.25) is 4.98 Å². The summed E-state index contributed by atoms with van der Waals surface area (Å²) in [4.78, 5) is 9.69. The number of rotatable bonds is 4. The summed E-state index contributed by atoms with van der Waals surface area (Å²) in [6.45, 7) is 10.1. The Morgan fingerprint density at radius 3 is 2.46 bits per heavy atom. The van der Waals surface area contributed by atoms with Crippen molar-refractivity contribution >= 4 is 16.6 Å². The number of hydrogen-bond acceptors (Lipinski definition) is 4. The van der Waals surface area contributed by atoms with Crippen LogP contribution >= 0.6 is 0 Å². The molecule has 4 nitrogen and oxygen atoms in total. The second-order valence-electron chi connectivity index (χ2n) is 8.36. The Labute approximate surface area is 156 Å². The van der Waals surface area contributed by atoms with E-state index < -0.39 is 0 Å². The summed E-state index contributed by atoms with van der Waals surface area (Å²) in [5, 5.41) is 11.4. The average molecular weight is 354 g/mol. The number of hydrogen-bond donors (Lipinski definition) is 1. The van der Waals surface area contributed by atoms with Crippen LogP contribution < -0.4 is 4.90 Å². The van der Waals surface area contributed by atoms with Crippen LogP contribution in [0.25, 0.3) is 10.9 Å². The maximum atomic E-state index is 10.1. The van der Waals surface area contributed by atoms with E-state index in [4.69, 9.17) is 0 Å². The van der Waals surface area contributed by atoms with Crippen molar-refractivity contribution in [3.63, 3.8) is 0 Å². The van der Waals surface area contributed by atoms with Crippen molar-refractivity contribution in [1.82, 2.24) is 9.88 Å². The number of aliphatic hydroxyl groups excluding tert-OH is 1. The molecule has 1 N–H and O–H groups in total. The molecule has 2 fully saturated rings. The minimum atomic E-state index is 0.0795. The molecular formula is C22H31N3O. The van der Waals surface area contributed by atoms with Crippen molar-refractivity contribution < 1.29 is 5.11 Å². The molecule has 26 heavy (non-hydrogen) atoms. The highest BCUT2D eigenvalue weighted by molar-refractivity contribution is 5.94. The fraction of sp³-hybridized carbons (Fsp3) is 0.591. The van der Waals surface area contributed by atoms with Gasteiger partial charge in [-0.2, -0.15) is 0 Å². The molecule has 4 heteroatoms. The zero-order valence-corrected chi connectivity index (χ0v) is 16.2. The minimum Gasteiger partial charge on any atom is -0.396 e. The van der Waals surface area contributed by atoms with Gasteiger partial charge in [-0.15, -0.1) is 0 Å². The third-order valence-corrected chi connectivity index (χ3v) is 6.67. The van der Waals surface area contributed by atoms with Crippen LogP contribution in [0.4, 0.5) is 5.69 Å². The van der Waals surface area contributed by atoms with Crippen LogP contribution in [0.2, 0.25) is 0 Å². The number of aryl methyl sites for hydroxylation is 2. The van der Waals surface area contributed by atoms with Gasteiger partial charge in [-0.25, -0.2) is 0 Å². The van der Waals surface area contributed by atoms with Crippen molar-refractivity contribution in [2.24, 2.45) is 5.41 Å². The number of pyridine rings is 1. The molecule has 0 aliphatic carbocycles. The Hall–Kier alpha value is -1.65. The van der Waals surface area contributed by atoms with E-state index in [0.717, 1.165) is 38.0 Å². The zero-order chi connectivity index (χ0) is 18.1. The van der Waals surface area contributed by atoms with Gasteiger partial charge in [0.25, 0.3) is 0 Å². The number of anilines is 1. The van der Waals surface area contributed by atoms with E-state index in [1.807, 2.05) is 6.20 Å². The van der Waals surface area contributed by atoms with E-state index in [1.165, 1.54) is 48.1 Å². The summed E-state index contributed by atoms with van der Waals surface area (Å²) in [5.41, 5.74) is 5.08. The van der Waals surface area contributed by atoms with E-state index in [2.05, 4.69) is 46.8 Å². The van der Waals surface area contributed by atoms with Gasteiger partial charge in [0, 0.05) is 42.3 Å². The average Bonchev–Trinajstić information content (AvgIpc) is 3.18. The molecule has 0 bridgehead atoms. The highest BCUT2D eigenvalue weighted by atomic mass is 16.3. The van der Waals surface area contributed by atoms with Crippen LogP contribution in [0.3, 0.4) is 0 Å². The van der Waals surface area contributed by atoms with Gasteiger partial charge in [-0.1, -0.05) is 12.1 Å². The van der Waals surface area contributed by atoms with Crippen LogP contribution in [0, 0.1) is 19.3 Å². The number of likely N-dealkylation sites (tertiary alicyclic amines) is 1. The van der Waals surface area contributed by atoms with Crippen molar-refractivity contribution in [2.45, 2.75) is 39.5 Å². The Balaban J connectivity index is 1.54. The molecule has 3 heterocycles. The monoisotopic (exact) mass is 353 g/mol. The summed E-state index contributed by atoms with van der Waals surface area (Å²) in [5.74, 6) is 0. The van der Waals surface area contributed by atoms with E-state index in [9.17, 15) is 5.11 Å². The summed E-state index contributed by atoms with van der Waals surface area (Å²) >= 11 is 0. The Kier molecular flexibility index (Phi) is 4.89. The van der Waals surface area contributed by atoms with Gasteiger partial charge in [0.2, 0.25) is 0 Å². The van der Waals surface area contributed by atoms with E-state index in [1.54, 1.807) is 0 Å². The van der Waals surface area contributed by atoms with Gasteiger partial charge < -0.3 is 14.9 Å². The molecule has 4 rings (SSSR count). The predicted octanol–water partition coefficient (Wildman–Crippen LogP) is 3.53. The zero-order valence-electron chi connectivity index (χ0n) is 16.2. The van der Waals surface area contributed by atoms with Gasteiger partial charge in [0.05, 0.1) is 12.1 Å². The quantitative estimate of drug-likeness (QED) is 0.913. The van der Waals surface area contributed by atoms with Crippen molar-refractivity contribution in [3.05, 3.63) is 35.5 Å². The maximum Gasteiger partial charge on any atom is 0.0754 e. The first-order valence-electron chi connectivity index (χ1n) is 10.0. The van der Waals surface area contributed by atoms with Crippen molar-refractivity contribution in [3.8, 4) is 0 Å². The third-order valence-electron chi connectivity index (χ3n) is 6.67. The number of nitrogens with zero attached hydrogens (tertiary/aromatic N) is 3. The van der Waals surface area contributed by atoms with Crippen LogP contribution in [-0.4, -0.2) is 54.3 Å². The Bertz CT molecular complexity index is 774. The van der Waals surface area contributed by atoms with Crippen LogP contribution in [0.5, 0.6) is 0 Å². The first-order valence-corrected chi connectivity index (χ1v) is 10.0. The van der Waals surface area contributed by atoms with Gasteiger partial charge in [0.15, 0.2) is 0 Å². The molecule has 2 aliphatic rings. The predicted molar refractivity (Wildman–Crippen MR) is 108 cm³/mol. The van der Waals surface area contributed by atoms with Crippen molar-refractivity contribution in [1.29, 1.82) is 0 Å². The lowest BCUT2D eigenvalue weighted by molar-refractivity contribution is 0.0596. The lowest BCUT2D eigenvalue weighted by atomic mass is 9.78. The SMILES string of the molecule is Cc1ccc2c(N3CCC(CO)(CN4CCCC4)CC3)ccnc2c1C. The first kappa shape index (κ1) is 17.7. The molecule has 1 aromatic carbocycles. The van der Waals surface area contributed by atoms with Gasteiger partial charge >= 0.3 is 0 Å². The lowest BCUT2D eigenvalue weighted by Crippen LogP contribution is -2.48. The highest BCUT2D eigenvalue weighted by Gasteiger charge is 2.36. The molecule has 0 atom stereocenters. The number of aromatic nitrogens is 1. The summed E-state index contributed by atoms with van der Waals surface area (Å²) in [7, 11) is 0. The summed E-state index contributed by atoms with van der Waals surface area (Å²) < 4.78 is 0. The molecule has 0 radical (unpaired) electrons. The minimum absolute atomic E-state index is 0.0795. The molecule has 0 saturated carbocycles. The molecular weight excluding hydrogens is 322 g/mol. The third kappa shape index (κ3) is 3.21. The highest BCUT2D eigenvalue weighted by Crippen LogP contribution is 2.37. The molecule has 2 saturated heterocycles. The maximum absolute atomic E-state index is 10.1. The lowest BCUT2D eigenvalue weighted by Gasteiger charge is -2.43. The number of aliphatic hydroxyl groups is 1. The molecule has 2 aromatic rings. The molecule has 140 valence electrons. The summed E-state index contributed by atoms with van der Waals surface area (Å²) in [6, 6.07) is 6.58. The number of piperidine rings is 1. The fourth-order valence-corrected chi connectivity index (χ4v) is 4.73. The Morgan fingerprint density at radius 2 is 1.77 bits per heavy atom. The molecule has 2 aliphatic heterocycles. The molecule has 1 aromatic heterocycles. The van der Waals surface area contributed by atoms with E-state index in [0.29, 0.717) is 6.61 Å². The number of fused-ring (bicyclic) bond motifs is 1. The smallest absolute Gasteiger partial charge is 0.0754 e. The second kappa shape index (κ2) is 7.16. The normalized spacial score (nSPS) is 20.8. The standard InChI is InChI=1S/C22H31N3O/c1-17-5-6-19-20(7-10-23-21(19)18(17)2)25-13-8-22(16-26,9-14-25)15-24-11-3-4-12-24/h5-7,10,26H,3-4,8-9,11-16H2,1-2H3. The van der Waals surface area contributed by atoms with E-state index >= 15 is 0 Å². The molecule has 0 spiro atoms. The second-order valence-corrected chi connectivity index (χ2v) is 8.36. The number of benzene rings is 1. The summed E-state index contributed by atoms with van der Waals surface area (Å²) in [6.07, 6.45) is 6.70. The molecule has 0 unspecified atom stereocenters. The largest absolute Gasteiger partial charge is 0.396 e. The Morgan fingerprint density at radius 1 is 1.04 bits per heavy atom. The molecule has 0 amide bonds. The van der Waals surface area contributed by atoms with Crippen LogP contribution in [0.1, 0.15) is 36.8 Å². The van der Waals surface area contributed by atoms with Crippen LogP contribution in [-0.2, 0) is 0 Å². The van der Waals surface area contributed by atoms with Crippen LogP contribution in [0.15, 0.2) is 24.4 Å². The van der Waals surface area contributed by atoms with Crippen molar-refractivity contribution in [2.75, 3.05) is 44.2 Å². The van der Waals surface area contributed by atoms with Gasteiger partial charge in [-0.05, 0) is 69.8 Å².